The van der Waals surface area contributed by atoms with E-state index in [-0.39, 0.29) is 11.9 Å². The Morgan fingerprint density at radius 1 is 1.56 bits per heavy atom. The van der Waals surface area contributed by atoms with Gasteiger partial charge in [0.05, 0.1) is 6.54 Å². The molecule has 52 valence electrons. The van der Waals surface area contributed by atoms with Crippen LogP contribution >= 0.6 is 0 Å². The third kappa shape index (κ3) is 1.68. The fourth-order valence-corrected chi connectivity index (χ4v) is 1.20. The van der Waals surface area contributed by atoms with Crippen molar-refractivity contribution in [2.75, 3.05) is 6.54 Å². The van der Waals surface area contributed by atoms with Crippen molar-refractivity contribution in [2.24, 2.45) is 5.73 Å². The number of carbonyl (C=O) groups excluding carboxylic acids is 1. The van der Waals surface area contributed by atoms with Crippen LogP contribution < -0.4 is 11.1 Å². The Morgan fingerprint density at radius 3 is 2.67 bits per heavy atom. The van der Waals surface area contributed by atoms with Crippen LogP contribution in [0.15, 0.2) is 0 Å². The molecular weight excluding hydrogens is 116 g/mol. The Morgan fingerprint density at radius 2 is 2.33 bits per heavy atom. The lowest BCUT2D eigenvalue weighted by molar-refractivity contribution is -0.684. The highest BCUT2D eigenvalue weighted by Gasteiger charge is 2.20. The summed E-state index contributed by atoms with van der Waals surface area (Å²) in [6.45, 7) is 1.06. The molecule has 1 fully saturated rings. The van der Waals surface area contributed by atoms with Gasteiger partial charge in [0.25, 0.3) is 5.91 Å². The summed E-state index contributed by atoms with van der Waals surface area (Å²) in [6.07, 6.45) is 3.35. The largest absolute Gasteiger partial charge is 0.365 e. The minimum Gasteiger partial charge on any atom is -0.365 e. The summed E-state index contributed by atoms with van der Waals surface area (Å²) >= 11 is 0. The molecule has 1 aliphatic heterocycles. The zero-order chi connectivity index (χ0) is 6.69. The van der Waals surface area contributed by atoms with Crippen LogP contribution in [0.4, 0.5) is 0 Å². The van der Waals surface area contributed by atoms with Crippen molar-refractivity contribution in [3.8, 4) is 0 Å². The molecule has 0 spiro atoms. The summed E-state index contributed by atoms with van der Waals surface area (Å²) in [5.74, 6) is -0.158. The molecule has 0 aliphatic carbocycles. The first-order valence-corrected chi connectivity index (χ1v) is 3.43. The minimum absolute atomic E-state index is 0.0683. The zero-order valence-corrected chi connectivity index (χ0v) is 5.47. The van der Waals surface area contributed by atoms with E-state index in [0.29, 0.717) is 0 Å². The zero-order valence-electron chi connectivity index (χ0n) is 5.47. The van der Waals surface area contributed by atoms with E-state index in [0.717, 1.165) is 19.4 Å². The predicted octanol–water partition coefficient (Wildman–Crippen LogP) is -1.41. The summed E-state index contributed by atoms with van der Waals surface area (Å²) in [5.41, 5.74) is 5.10. The van der Waals surface area contributed by atoms with Gasteiger partial charge in [-0.25, -0.2) is 0 Å². The molecule has 0 aromatic heterocycles. The van der Waals surface area contributed by atoms with Crippen LogP contribution in [-0.2, 0) is 4.79 Å². The van der Waals surface area contributed by atoms with Gasteiger partial charge in [-0.3, -0.25) is 4.79 Å². The predicted molar refractivity (Wildman–Crippen MR) is 33.6 cm³/mol. The minimum atomic E-state index is -0.158. The first-order chi connectivity index (χ1) is 4.30. The molecule has 1 amide bonds. The molecule has 9 heavy (non-hydrogen) atoms. The number of amides is 1. The standard InChI is InChI=1S/C6H12N2O/c7-6(9)5-3-1-2-4-8-5/h5,8H,1-4H2,(H2,7,9)/p+1/t5-/m0/s1. The quantitative estimate of drug-likeness (QED) is 0.449. The Balaban J connectivity index is 2.31. The van der Waals surface area contributed by atoms with E-state index < -0.39 is 0 Å². The third-order valence-electron chi connectivity index (χ3n) is 1.79. The third-order valence-corrected chi connectivity index (χ3v) is 1.79. The van der Waals surface area contributed by atoms with Gasteiger partial charge in [-0.1, -0.05) is 0 Å². The molecule has 0 bridgehead atoms. The van der Waals surface area contributed by atoms with Crippen LogP contribution in [0.25, 0.3) is 0 Å². The SMILES string of the molecule is NC(=O)[C@@H]1CCCC[NH2+]1. The molecule has 0 saturated carbocycles. The van der Waals surface area contributed by atoms with Crippen molar-refractivity contribution < 1.29 is 10.1 Å². The van der Waals surface area contributed by atoms with Crippen LogP contribution in [0, 0.1) is 0 Å². The smallest absolute Gasteiger partial charge is 0.275 e. The van der Waals surface area contributed by atoms with E-state index in [1.54, 1.807) is 0 Å². The molecule has 1 aliphatic rings. The number of rotatable bonds is 1. The van der Waals surface area contributed by atoms with Gasteiger partial charge in [0.1, 0.15) is 0 Å². The molecule has 1 saturated heterocycles. The highest BCUT2D eigenvalue weighted by molar-refractivity contribution is 5.78. The lowest BCUT2D eigenvalue weighted by atomic mass is 10.1. The summed E-state index contributed by atoms with van der Waals surface area (Å²) in [4.78, 5) is 10.5. The maximum atomic E-state index is 10.5. The Hall–Kier alpha value is -0.570. The van der Waals surface area contributed by atoms with Gasteiger partial charge in [-0.2, -0.15) is 0 Å². The molecule has 1 atom stereocenters. The first kappa shape index (κ1) is 6.55. The molecule has 1 rings (SSSR count). The number of hydrogen-bond donors (Lipinski definition) is 2. The normalized spacial score (nSPS) is 27.8. The Labute approximate surface area is 54.6 Å². The van der Waals surface area contributed by atoms with Gasteiger partial charge >= 0.3 is 0 Å². The monoisotopic (exact) mass is 129 g/mol. The first-order valence-electron chi connectivity index (χ1n) is 3.43. The molecule has 3 nitrogen and oxygen atoms in total. The highest BCUT2D eigenvalue weighted by atomic mass is 16.1. The number of quaternary nitrogens is 1. The van der Waals surface area contributed by atoms with Crippen molar-refractivity contribution in [3.63, 3.8) is 0 Å². The van der Waals surface area contributed by atoms with Crippen molar-refractivity contribution in [3.05, 3.63) is 0 Å². The van der Waals surface area contributed by atoms with Crippen LogP contribution in [0.5, 0.6) is 0 Å². The molecule has 3 heteroatoms. The molecule has 0 radical (unpaired) electrons. The Kier molecular flexibility index (Phi) is 2.05. The molecule has 4 N–H and O–H groups in total. The van der Waals surface area contributed by atoms with Gasteiger partial charge in [0.15, 0.2) is 6.04 Å². The number of carbonyl (C=O) groups is 1. The molecule has 0 aromatic rings. The number of nitrogens with two attached hydrogens (primary N) is 2. The van der Waals surface area contributed by atoms with Crippen molar-refractivity contribution in [1.29, 1.82) is 0 Å². The fourth-order valence-electron chi connectivity index (χ4n) is 1.20. The van der Waals surface area contributed by atoms with Gasteiger partial charge in [0, 0.05) is 6.42 Å². The van der Waals surface area contributed by atoms with Crippen molar-refractivity contribution in [2.45, 2.75) is 25.3 Å². The maximum absolute atomic E-state index is 10.5. The number of piperidine rings is 1. The van der Waals surface area contributed by atoms with E-state index in [1.165, 1.54) is 6.42 Å². The topological polar surface area (TPSA) is 59.7 Å². The van der Waals surface area contributed by atoms with Gasteiger partial charge in [0.2, 0.25) is 0 Å². The van der Waals surface area contributed by atoms with Crippen molar-refractivity contribution in [1.82, 2.24) is 0 Å². The van der Waals surface area contributed by atoms with Gasteiger partial charge < -0.3 is 11.1 Å². The lowest BCUT2D eigenvalue weighted by Crippen LogP contribution is -2.93. The maximum Gasteiger partial charge on any atom is 0.275 e. The second-order valence-corrected chi connectivity index (χ2v) is 2.53. The average Bonchev–Trinajstić information content (AvgIpc) is 1.90. The summed E-state index contributed by atoms with van der Waals surface area (Å²) in [5, 5.41) is 2.03. The summed E-state index contributed by atoms with van der Waals surface area (Å²) < 4.78 is 0. The van der Waals surface area contributed by atoms with E-state index in [9.17, 15) is 4.79 Å². The summed E-state index contributed by atoms with van der Waals surface area (Å²) in [7, 11) is 0. The van der Waals surface area contributed by atoms with Crippen molar-refractivity contribution >= 4 is 5.91 Å². The van der Waals surface area contributed by atoms with E-state index in [4.69, 9.17) is 5.73 Å². The van der Waals surface area contributed by atoms with E-state index in [2.05, 4.69) is 0 Å². The van der Waals surface area contributed by atoms with Gasteiger partial charge in [-0.05, 0) is 12.8 Å². The number of primary amides is 1. The van der Waals surface area contributed by atoms with E-state index in [1.807, 2.05) is 5.32 Å². The molecule has 0 aromatic carbocycles. The molecular formula is C6H13N2O+. The second-order valence-electron chi connectivity index (χ2n) is 2.53. The summed E-state index contributed by atoms with van der Waals surface area (Å²) in [6, 6.07) is 0.0683. The average molecular weight is 129 g/mol. The fraction of sp³-hybridized carbons (Fsp3) is 0.833. The Bertz CT molecular complexity index is 108. The van der Waals surface area contributed by atoms with Crippen LogP contribution in [0.1, 0.15) is 19.3 Å². The van der Waals surface area contributed by atoms with Gasteiger partial charge in [-0.15, -0.1) is 0 Å². The number of hydrogen-bond acceptors (Lipinski definition) is 1. The van der Waals surface area contributed by atoms with Crippen LogP contribution in [-0.4, -0.2) is 18.5 Å². The second kappa shape index (κ2) is 2.82. The lowest BCUT2D eigenvalue weighted by Gasteiger charge is -2.16. The molecule has 1 heterocycles. The van der Waals surface area contributed by atoms with E-state index >= 15 is 0 Å². The van der Waals surface area contributed by atoms with Crippen LogP contribution in [0.3, 0.4) is 0 Å². The highest BCUT2D eigenvalue weighted by Crippen LogP contribution is 1.99. The van der Waals surface area contributed by atoms with Crippen LogP contribution in [0.2, 0.25) is 0 Å². The molecule has 0 unspecified atom stereocenters.